The van der Waals surface area contributed by atoms with Gasteiger partial charge in [-0.1, -0.05) is 6.07 Å². The summed E-state index contributed by atoms with van der Waals surface area (Å²) >= 11 is 5.70. The molecule has 0 amide bonds. The second kappa shape index (κ2) is 3.24. The van der Waals surface area contributed by atoms with Crippen molar-refractivity contribution in [1.29, 1.82) is 0 Å². The zero-order valence-electron chi connectivity index (χ0n) is 8.04. The molecule has 3 aromatic rings. The quantitative estimate of drug-likeness (QED) is 0.601. The highest BCUT2D eigenvalue weighted by Gasteiger charge is 2.04. The first-order chi connectivity index (χ1) is 7.72. The lowest BCUT2D eigenvalue weighted by Gasteiger charge is -1.96. The minimum Gasteiger partial charge on any atom is -0.329 e. The summed E-state index contributed by atoms with van der Waals surface area (Å²) in [5.41, 5.74) is 3.05. The second-order valence-corrected chi connectivity index (χ2v) is 3.79. The van der Waals surface area contributed by atoms with E-state index in [1.165, 1.54) is 0 Å². The zero-order chi connectivity index (χ0) is 11.1. The van der Waals surface area contributed by atoms with E-state index in [1.807, 2.05) is 18.2 Å². The zero-order valence-corrected chi connectivity index (χ0v) is 8.80. The monoisotopic (exact) mass is 234 g/mol. The number of nitrogens with zero attached hydrogens (tertiary/aromatic N) is 1. The van der Waals surface area contributed by atoms with Crippen molar-refractivity contribution in [3.63, 3.8) is 0 Å². The lowest BCUT2D eigenvalue weighted by Crippen LogP contribution is -1.99. The number of imidazole rings is 2. The Bertz CT molecular complexity index is 709. The van der Waals surface area contributed by atoms with E-state index in [1.54, 1.807) is 6.20 Å². The maximum Gasteiger partial charge on any atom is 0.323 e. The van der Waals surface area contributed by atoms with Crippen LogP contribution in [0.2, 0.25) is 5.28 Å². The van der Waals surface area contributed by atoms with Gasteiger partial charge in [-0.25, -0.2) is 9.78 Å². The highest BCUT2D eigenvalue weighted by Crippen LogP contribution is 2.21. The third kappa shape index (κ3) is 1.42. The van der Waals surface area contributed by atoms with E-state index >= 15 is 0 Å². The summed E-state index contributed by atoms with van der Waals surface area (Å²) in [5.74, 6) is 0. The molecule has 6 heteroatoms. The number of nitrogens with one attached hydrogen (secondary N) is 3. The molecule has 5 nitrogen and oxygen atoms in total. The molecule has 3 N–H and O–H groups in total. The molecule has 0 radical (unpaired) electrons. The molecule has 0 atom stereocenters. The third-order valence-corrected chi connectivity index (χ3v) is 2.56. The number of H-pyrrole nitrogens is 3. The molecule has 0 aliphatic rings. The summed E-state index contributed by atoms with van der Waals surface area (Å²) in [6, 6.07) is 5.57. The van der Waals surface area contributed by atoms with Crippen LogP contribution >= 0.6 is 11.6 Å². The molecular formula is C10H7ClN4O. The lowest BCUT2D eigenvalue weighted by molar-refractivity contribution is 1.21. The Hall–Kier alpha value is -2.01. The third-order valence-electron chi connectivity index (χ3n) is 2.37. The van der Waals surface area contributed by atoms with Crippen LogP contribution in [-0.2, 0) is 0 Å². The van der Waals surface area contributed by atoms with Crippen molar-refractivity contribution in [3.05, 3.63) is 40.2 Å². The average molecular weight is 235 g/mol. The largest absolute Gasteiger partial charge is 0.329 e. The Morgan fingerprint density at radius 1 is 1.12 bits per heavy atom. The lowest BCUT2D eigenvalue weighted by atomic mass is 10.1. The second-order valence-electron chi connectivity index (χ2n) is 3.43. The summed E-state index contributed by atoms with van der Waals surface area (Å²) < 4.78 is 0. The van der Waals surface area contributed by atoms with Gasteiger partial charge in [-0.15, -0.1) is 0 Å². The molecule has 1 aromatic carbocycles. The van der Waals surface area contributed by atoms with Crippen molar-refractivity contribution < 1.29 is 0 Å². The van der Waals surface area contributed by atoms with E-state index < -0.39 is 0 Å². The first kappa shape index (κ1) is 9.23. The molecule has 0 aliphatic carbocycles. The summed E-state index contributed by atoms with van der Waals surface area (Å²) in [6.07, 6.45) is 1.65. The molecule has 16 heavy (non-hydrogen) atoms. The van der Waals surface area contributed by atoms with Gasteiger partial charge in [0.25, 0.3) is 0 Å². The van der Waals surface area contributed by atoms with Gasteiger partial charge in [0.15, 0.2) is 5.28 Å². The smallest absolute Gasteiger partial charge is 0.323 e. The van der Waals surface area contributed by atoms with Gasteiger partial charge >= 0.3 is 5.69 Å². The van der Waals surface area contributed by atoms with Crippen LogP contribution in [0.4, 0.5) is 0 Å². The number of halogens is 1. The minimum absolute atomic E-state index is 0.213. The highest BCUT2D eigenvalue weighted by molar-refractivity contribution is 6.28. The number of benzene rings is 1. The molecule has 2 heterocycles. The van der Waals surface area contributed by atoms with E-state index in [9.17, 15) is 4.79 Å². The Kier molecular flexibility index (Phi) is 1.87. The van der Waals surface area contributed by atoms with Crippen LogP contribution in [0.1, 0.15) is 0 Å². The molecule has 3 rings (SSSR count). The number of aromatic amines is 3. The Morgan fingerprint density at radius 3 is 2.69 bits per heavy atom. The normalized spacial score (nSPS) is 11.1. The van der Waals surface area contributed by atoms with E-state index in [-0.39, 0.29) is 5.69 Å². The maximum atomic E-state index is 11.1. The van der Waals surface area contributed by atoms with Crippen LogP contribution in [0.3, 0.4) is 0 Å². The summed E-state index contributed by atoms with van der Waals surface area (Å²) in [5, 5.41) is 0.345. The van der Waals surface area contributed by atoms with Crippen LogP contribution < -0.4 is 5.69 Å². The van der Waals surface area contributed by atoms with Gasteiger partial charge < -0.3 is 15.0 Å². The van der Waals surface area contributed by atoms with Crippen LogP contribution in [0.25, 0.3) is 22.3 Å². The summed E-state index contributed by atoms with van der Waals surface area (Å²) in [6.45, 7) is 0. The number of fused-ring (bicyclic) bond motifs is 1. The fraction of sp³-hybridized carbons (Fsp3) is 0. The van der Waals surface area contributed by atoms with Crippen molar-refractivity contribution in [1.82, 2.24) is 19.9 Å². The molecule has 80 valence electrons. The molecule has 0 fully saturated rings. The fourth-order valence-electron chi connectivity index (χ4n) is 1.64. The Balaban J connectivity index is 2.21. The van der Waals surface area contributed by atoms with Crippen molar-refractivity contribution in [2.75, 3.05) is 0 Å². The van der Waals surface area contributed by atoms with Crippen LogP contribution in [0.5, 0.6) is 0 Å². The molecule has 2 aromatic heterocycles. The summed E-state index contributed by atoms with van der Waals surface area (Å²) in [7, 11) is 0. The van der Waals surface area contributed by atoms with Gasteiger partial charge in [0, 0.05) is 5.56 Å². The minimum atomic E-state index is -0.213. The first-order valence-electron chi connectivity index (χ1n) is 4.65. The van der Waals surface area contributed by atoms with Crippen molar-refractivity contribution in [2.45, 2.75) is 0 Å². The standard InChI is InChI=1S/C10H7ClN4O/c11-9-12-4-8(13-9)5-1-2-6-7(3-5)15-10(16)14-6/h1-4H,(H,12,13)(H2,14,15,16). The molecular weight excluding hydrogens is 228 g/mol. The number of hydrogen-bond donors (Lipinski definition) is 3. The molecule has 0 aliphatic heterocycles. The van der Waals surface area contributed by atoms with E-state index in [4.69, 9.17) is 11.6 Å². The van der Waals surface area contributed by atoms with Crippen molar-refractivity contribution in [3.8, 4) is 11.3 Å². The number of hydrogen-bond acceptors (Lipinski definition) is 2. The predicted octanol–water partition coefficient (Wildman–Crippen LogP) is 1.90. The highest BCUT2D eigenvalue weighted by atomic mass is 35.5. The van der Waals surface area contributed by atoms with Gasteiger partial charge in [-0.3, -0.25) is 0 Å². The van der Waals surface area contributed by atoms with Gasteiger partial charge in [0.2, 0.25) is 0 Å². The Morgan fingerprint density at radius 2 is 1.94 bits per heavy atom. The number of rotatable bonds is 1. The summed E-state index contributed by atoms with van der Waals surface area (Å²) in [4.78, 5) is 23.3. The predicted molar refractivity (Wildman–Crippen MR) is 61.5 cm³/mol. The maximum absolute atomic E-state index is 11.1. The van der Waals surface area contributed by atoms with E-state index in [0.717, 1.165) is 22.3 Å². The topological polar surface area (TPSA) is 77.3 Å². The van der Waals surface area contributed by atoms with Gasteiger partial charge in [0.05, 0.1) is 22.9 Å². The molecule has 0 unspecified atom stereocenters. The van der Waals surface area contributed by atoms with Gasteiger partial charge in [-0.05, 0) is 23.7 Å². The first-order valence-corrected chi connectivity index (χ1v) is 5.03. The van der Waals surface area contributed by atoms with Crippen molar-refractivity contribution in [2.24, 2.45) is 0 Å². The van der Waals surface area contributed by atoms with Crippen LogP contribution in [0, 0.1) is 0 Å². The molecule has 0 bridgehead atoms. The van der Waals surface area contributed by atoms with E-state index in [0.29, 0.717) is 5.28 Å². The SMILES string of the molecule is O=c1[nH]c2ccc(-c3cnc(Cl)[nH]3)cc2[nH]1. The average Bonchev–Trinajstić information content (AvgIpc) is 2.81. The van der Waals surface area contributed by atoms with Crippen LogP contribution in [-0.4, -0.2) is 19.9 Å². The number of aromatic nitrogens is 4. The van der Waals surface area contributed by atoms with Gasteiger partial charge in [-0.2, -0.15) is 0 Å². The molecule has 0 saturated heterocycles. The molecule has 0 saturated carbocycles. The Labute approximate surface area is 94.5 Å². The molecule has 0 spiro atoms. The fourth-order valence-corrected chi connectivity index (χ4v) is 1.79. The van der Waals surface area contributed by atoms with Crippen LogP contribution in [0.15, 0.2) is 29.2 Å². The van der Waals surface area contributed by atoms with Crippen molar-refractivity contribution >= 4 is 22.6 Å². The van der Waals surface area contributed by atoms with Gasteiger partial charge in [0.1, 0.15) is 0 Å². The van der Waals surface area contributed by atoms with E-state index in [2.05, 4.69) is 19.9 Å².